The fraction of sp³-hybridized carbons (Fsp3) is 0.0769. The third kappa shape index (κ3) is 5.50. The lowest BCUT2D eigenvalue weighted by atomic mass is 10.1. The van der Waals surface area contributed by atoms with Crippen LogP contribution >= 0.6 is 11.3 Å². The topological polar surface area (TPSA) is 127 Å². The van der Waals surface area contributed by atoms with E-state index >= 15 is 0 Å². The first-order chi connectivity index (χ1) is 17.5. The van der Waals surface area contributed by atoms with Gasteiger partial charge in [-0.05, 0) is 42.0 Å². The summed E-state index contributed by atoms with van der Waals surface area (Å²) in [6.07, 6.45) is 4.98. The third-order valence-electron chi connectivity index (χ3n) is 5.20. The molecule has 0 aliphatic rings. The van der Waals surface area contributed by atoms with Gasteiger partial charge >= 0.3 is 5.97 Å². The van der Waals surface area contributed by atoms with E-state index in [1.54, 1.807) is 42.7 Å². The molecule has 0 spiro atoms. The van der Waals surface area contributed by atoms with E-state index in [1.165, 1.54) is 23.7 Å². The van der Waals surface area contributed by atoms with Gasteiger partial charge in [0, 0.05) is 36.6 Å². The largest absolute Gasteiger partial charge is 0.478 e. The third-order valence-corrected chi connectivity index (χ3v) is 6.22. The number of amides is 1. The molecule has 5 aromatic rings. The number of carbonyl (C=O) groups excluding carboxylic acids is 1. The van der Waals surface area contributed by atoms with Gasteiger partial charge in [-0.1, -0.05) is 12.1 Å². The summed E-state index contributed by atoms with van der Waals surface area (Å²) in [4.78, 5) is 40.7. The Balaban J connectivity index is 1.24. The van der Waals surface area contributed by atoms with Gasteiger partial charge in [-0.2, -0.15) is 0 Å². The van der Waals surface area contributed by atoms with Crippen LogP contribution in [0.25, 0.3) is 21.5 Å². The van der Waals surface area contributed by atoms with Crippen LogP contribution in [0, 0.1) is 0 Å². The van der Waals surface area contributed by atoms with Crippen molar-refractivity contribution >= 4 is 33.4 Å². The Kier molecular flexibility index (Phi) is 6.59. The first-order valence-electron chi connectivity index (χ1n) is 10.9. The minimum Gasteiger partial charge on any atom is -0.478 e. The van der Waals surface area contributed by atoms with Crippen molar-refractivity contribution in [1.82, 2.24) is 25.3 Å². The van der Waals surface area contributed by atoms with Crippen LogP contribution in [0.1, 0.15) is 20.9 Å². The van der Waals surface area contributed by atoms with Crippen molar-refractivity contribution in [2.45, 2.75) is 13.0 Å². The van der Waals surface area contributed by atoms with Crippen molar-refractivity contribution in [2.75, 3.05) is 0 Å². The number of thiazole rings is 1. The number of aromatic nitrogens is 4. The molecule has 9 nitrogen and oxygen atoms in total. The molecule has 0 aliphatic carbocycles. The van der Waals surface area contributed by atoms with Gasteiger partial charge in [0.15, 0.2) is 0 Å². The number of fused-ring (bicyclic) bond motifs is 1. The second-order valence-corrected chi connectivity index (χ2v) is 8.90. The Labute approximate surface area is 209 Å². The zero-order valence-corrected chi connectivity index (χ0v) is 19.6. The van der Waals surface area contributed by atoms with E-state index in [1.807, 2.05) is 24.3 Å². The summed E-state index contributed by atoms with van der Waals surface area (Å²) in [6.45, 7) is 0.239. The van der Waals surface area contributed by atoms with Crippen molar-refractivity contribution in [2.24, 2.45) is 0 Å². The maximum Gasteiger partial charge on any atom is 0.335 e. The van der Waals surface area contributed by atoms with E-state index in [0.717, 1.165) is 15.8 Å². The monoisotopic (exact) mass is 497 g/mol. The second kappa shape index (κ2) is 10.3. The van der Waals surface area contributed by atoms with Crippen LogP contribution in [0.2, 0.25) is 0 Å². The number of hydrogen-bond acceptors (Lipinski definition) is 8. The molecule has 3 heterocycles. The average molecular weight is 498 g/mol. The number of pyridine rings is 1. The van der Waals surface area contributed by atoms with Crippen molar-refractivity contribution in [3.05, 3.63) is 95.5 Å². The highest BCUT2D eigenvalue weighted by Crippen LogP contribution is 2.29. The van der Waals surface area contributed by atoms with Gasteiger partial charge < -0.3 is 15.2 Å². The van der Waals surface area contributed by atoms with Crippen LogP contribution in [-0.4, -0.2) is 36.9 Å². The Morgan fingerprint density at radius 2 is 1.94 bits per heavy atom. The van der Waals surface area contributed by atoms with Crippen molar-refractivity contribution < 1.29 is 19.4 Å². The molecule has 3 aromatic heterocycles. The summed E-state index contributed by atoms with van der Waals surface area (Å²) in [6, 6.07) is 17.5. The number of carboxylic acid groups (broad SMARTS) is 1. The smallest absolute Gasteiger partial charge is 0.335 e. The maximum atomic E-state index is 12.4. The van der Waals surface area contributed by atoms with Gasteiger partial charge in [0.05, 0.1) is 27.9 Å². The van der Waals surface area contributed by atoms with E-state index in [0.29, 0.717) is 27.9 Å². The summed E-state index contributed by atoms with van der Waals surface area (Å²) in [5.74, 6) is -0.208. The average Bonchev–Trinajstić information content (AvgIpc) is 3.30. The molecule has 0 unspecified atom stereocenters. The molecule has 2 N–H and O–H groups in total. The zero-order chi connectivity index (χ0) is 24.9. The van der Waals surface area contributed by atoms with E-state index in [9.17, 15) is 9.59 Å². The number of nitrogens with one attached hydrogen (secondary N) is 1. The number of rotatable bonds is 8. The molecule has 0 bridgehead atoms. The lowest BCUT2D eigenvalue weighted by molar-refractivity contribution is -0.120. The van der Waals surface area contributed by atoms with Gasteiger partial charge in [-0.3, -0.25) is 9.78 Å². The summed E-state index contributed by atoms with van der Waals surface area (Å²) in [7, 11) is 0. The standard InChI is InChI=1S/C26H19N5O4S/c32-23(28-13-16-3-1-4-17(9-16)26(33)34)12-25-31-20-7-6-19(10-22(20)36-25)35-24-11-21(29-15-30-24)18-5-2-8-27-14-18/h1-11,14-15H,12-13H2,(H,28,32)(H,33,34). The predicted molar refractivity (Wildman–Crippen MR) is 134 cm³/mol. The Hall–Kier alpha value is -4.70. The van der Waals surface area contributed by atoms with E-state index in [-0.39, 0.29) is 24.4 Å². The normalized spacial score (nSPS) is 10.8. The molecule has 5 rings (SSSR count). The summed E-state index contributed by atoms with van der Waals surface area (Å²) >= 11 is 1.41. The van der Waals surface area contributed by atoms with Gasteiger partial charge in [0.1, 0.15) is 17.1 Å². The molecule has 178 valence electrons. The van der Waals surface area contributed by atoms with E-state index in [4.69, 9.17) is 9.84 Å². The van der Waals surface area contributed by atoms with Crippen LogP contribution in [-0.2, 0) is 17.8 Å². The molecule has 0 saturated heterocycles. The minimum atomic E-state index is -1.00. The second-order valence-electron chi connectivity index (χ2n) is 7.78. The van der Waals surface area contributed by atoms with Gasteiger partial charge in [0.25, 0.3) is 0 Å². The SMILES string of the molecule is O=C(Cc1nc2ccc(Oc3cc(-c4cccnc4)ncn3)cc2s1)NCc1cccc(C(=O)O)c1. The maximum absolute atomic E-state index is 12.4. The molecule has 0 radical (unpaired) electrons. The Bertz CT molecular complexity index is 1550. The van der Waals surface area contributed by atoms with Crippen LogP contribution < -0.4 is 10.1 Å². The van der Waals surface area contributed by atoms with Crippen molar-refractivity contribution in [3.63, 3.8) is 0 Å². The molecule has 0 saturated carbocycles. The molecule has 10 heteroatoms. The number of carbonyl (C=O) groups is 2. The molecular weight excluding hydrogens is 478 g/mol. The summed E-state index contributed by atoms with van der Waals surface area (Å²) in [5, 5.41) is 12.6. The van der Waals surface area contributed by atoms with Crippen LogP contribution in [0.3, 0.4) is 0 Å². The first-order valence-corrected chi connectivity index (χ1v) is 11.7. The number of ether oxygens (including phenoxy) is 1. The first kappa shape index (κ1) is 23.1. The Morgan fingerprint density at radius 1 is 1.03 bits per heavy atom. The van der Waals surface area contributed by atoms with Gasteiger partial charge in [0.2, 0.25) is 11.8 Å². The predicted octanol–water partition coefficient (Wildman–Crippen LogP) is 4.50. The highest BCUT2D eigenvalue weighted by atomic mass is 32.1. The molecule has 0 fully saturated rings. The highest BCUT2D eigenvalue weighted by Gasteiger charge is 2.12. The fourth-order valence-electron chi connectivity index (χ4n) is 3.49. The fourth-order valence-corrected chi connectivity index (χ4v) is 4.49. The van der Waals surface area contributed by atoms with Gasteiger partial charge in [-0.15, -0.1) is 11.3 Å². The van der Waals surface area contributed by atoms with E-state index < -0.39 is 5.97 Å². The number of aromatic carboxylic acids is 1. The van der Waals surface area contributed by atoms with E-state index in [2.05, 4.69) is 25.3 Å². The highest BCUT2D eigenvalue weighted by molar-refractivity contribution is 7.18. The molecule has 1 amide bonds. The number of hydrogen-bond donors (Lipinski definition) is 2. The van der Waals surface area contributed by atoms with Crippen LogP contribution in [0.15, 0.2) is 79.4 Å². The van der Waals surface area contributed by atoms with Crippen LogP contribution in [0.4, 0.5) is 0 Å². The lowest BCUT2D eigenvalue weighted by Gasteiger charge is -2.06. The van der Waals surface area contributed by atoms with Gasteiger partial charge in [-0.25, -0.2) is 19.7 Å². The molecule has 0 atom stereocenters. The van der Waals surface area contributed by atoms with Crippen LogP contribution in [0.5, 0.6) is 11.6 Å². The lowest BCUT2D eigenvalue weighted by Crippen LogP contribution is -2.24. The summed E-state index contributed by atoms with van der Waals surface area (Å²) in [5.41, 5.74) is 3.23. The summed E-state index contributed by atoms with van der Waals surface area (Å²) < 4.78 is 6.82. The number of benzene rings is 2. The van der Waals surface area contributed by atoms with Crippen molar-refractivity contribution in [3.8, 4) is 22.9 Å². The number of nitrogens with zero attached hydrogens (tertiary/aromatic N) is 4. The molecule has 2 aromatic carbocycles. The number of carboxylic acids is 1. The molecular formula is C26H19N5O4S. The minimum absolute atomic E-state index is 0.120. The molecule has 36 heavy (non-hydrogen) atoms. The molecule has 0 aliphatic heterocycles. The zero-order valence-electron chi connectivity index (χ0n) is 18.8. The quantitative estimate of drug-likeness (QED) is 0.321. The Morgan fingerprint density at radius 3 is 2.78 bits per heavy atom. The van der Waals surface area contributed by atoms with Crippen molar-refractivity contribution in [1.29, 1.82) is 0 Å².